The summed E-state index contributed by atoms with van der Waals surface area (Å²) in [5.74, 6) is -0.0407. The van der Waals surface area contributed by atoms with Crippen LogP contribution < -0.4 is 0 Å². The van der Waals surface area contributed by atoms with Crippen molar-refractivity contribution in [1.82, 2.24) is 4.90 Å². The monoisotopic (exact) mass is 267 g/mol. The zero-order valence-corrected chi connectivity index (χ0v) is 11.7. The molecule has 5 heteroatoms. The van der Waals surface area contributed by atoms with Crippen LogP contribution in [0.2, 0.25) is 0 Å². The lowest BCUT2D eigenvalue weighted by Crippen LogP contribution is -2.52. The Balaban J connectivity index is 3.08. The Morgan fingerprint density at radius 1 is 1.26 bits per heavy atom. The molecule has 1 amide bonds. The Kier molecular flexibility index (Phi) is 4.42. The summed E-state index contributed by atoms with van der Waals surface area (Å²) in [5, 5.41) is 29.3. The molecule has 0 aliphatic rings. The van der Waals surface area contributed by atoms with Crippen LogP contribution in [0.1, 0.15) is 39.4 Å². The number of phenols is 1. The number of aliphatic hydroxyl groups is 1. The van der Waals surface area contributed by atoms with Crippen LogP contribution in [0.4, 0.5) is 4.79 Å². The van der Waals surface area contributed by atoms with Gasteiger partial charge < -0.3 is 15.3 Å². The molecular formula is C14H21NO4. The number of aromatic hydroxyl groups is 1. The van der Waals surface area contributed by atoms with Gasteiger partial charge >= 0.3 is 6.09 Å². The third-order valence-corrected chi connectivity index (χ3v) is 3.05. The summed E-state index contributed by atoms with van der Waals surface area (Å²) in [6.07, 6.45) is -2.19. The van der Waals surface area contributed by atoms with Gasteiger partial charge in [-0.1, -0.05) is 18.2 Å². The van der Waals surface area contributed by atoms with Crippen molar-refractivity contribution in [2.24, 2.45) is 0 Å². The highest BCUT2D eigenvalue weighted by Gasteiger charge is 2.35. The number of phenolic OH excluding ortho intramolecular Hbond substituents is 1. The summed E-state index contributed by atoms with van der Waals surface area (Å²) in [6, 6.07) is 5.71. The molecule has 1 aromatic carbocycles. The summed E-state index contributed by atoms with van der Waals surface area (Å²) in [7, 11) is 0. The maximum Gasteiger partial charge on any atom is 0.408 e. The number of carbonyl (C=O) groups is 1. The first-order valence-electron chi connectivity index (χ1n) is 6.14. The number of amides is 1. The van der Waals surface area contributed by atoms with Gasteiger partial charge in [-0.3, -0.25) is 4.90 Å². The first kappa shape index (κ1) is 15.3. The smallest absolute Gasteiger partial charge is 0.408 e. The number of hydrogen-bond acceptors (Lipinski definition) is 3. The number of hydrogen-bond donors (Lipinski definition) is 3. The predicted octanol–water partition coefficient (Wildman–Crippen LogP) is 2.59. The van der Waals surface area contributed by atoms with Crippen LogP contribution in [-0.2, 0) is 0 Å². The van der Waals surface area contributed by atoms with E-state index in [1.54, 1.807) is 45.9 Å². The molecule has 0 fully saturated rings. The highest BCUT2D eigenvalue weighted by atomic mass is 16.4. The van der Waals surface area contributed by atoms with E-state index < -0.39 is 23.8 Å². The molecule has 0 aliphatic heterocycles. The summed E-state index contributed by atoms with van der Waals surface area (Å²) in [6.45, 7) is 6.90. The Morgan fingerprint density at radius 2 is 1.79 bits per heavy atom. The lowest BCUT2D eigenvalue weighted by Gasteiger charge is -2.40. The quantitative estimate of drug-likeness (QED) is 0.786. The van der Waals surface area contributed by atoms with Gasteiger partial charge in [0.05, 0.1) is 6.04 Å². The third-order valence-electron chi connectivity index (χ3n) is 3.05. The number of carboxylic acid groups (broad SMARTS) is 1. The molecule has 0 saturated heterocycles. The van der Waals surface area contributed by atoms with Gasteiger partial charge in [0, 0.05) is 11.1 Å². The molecule has 2 atom stereocenters. The van der Waals surface area contributed by atoms with Gasteiger partial charge in [-0.05, 0) is 33.8 Å². The van der Waals surface area contributed by atoms with Crippen LogP contribution in [0.5, 0.6) is 5.75 Å². The maximum atomic E-state index is 11.4. The number of benzene rings is 1. The largest absolute Gasteiger partial charge is 0.508 e. The van der Waals surface area contributed by atoms with Crippen molar-refractivity contribution in [1.29, 1.82) is 0 Å². The first-order valence-corrected chi connectivity index (χ1v) is 6.14. The lowest BCUT2D eigenvalue weighted by atomic mass is 9.97. The highest BCUT2D eigenvalue weighted by molar-refractivity contribution is 5.66. The van der Waals surface area contributed by atoms with E-state index in [4.69, 9.17) is 0 Å². The van der Waals surface area contributed by atoms with Gasteiger partial charge in [-0.2, -0.15) is 0 Å². The standard InChI is InChI=1S/C14H21NO4/c1-9(15(13(18)19)14(2,3)4)12(17)10-7-5-6-8-11(10)16/h5-9,12,16-17H,1-4H3,(H,18,19). The third kappa shape index (κ3) is 3.38. The molecule has 0 heterocycles. The normalized spacial score (nSPS) is 14.8. The minimum absolute atomic E-state index is 0.0407. The number of nitrogens with zero attached hydrogens (tertiary/aromatic N) is 1. The van der Waals surface area contributed by atoms with Crippen molar-refractivity contribution in [3.8, 4) is 5.75 Å². The highest BCUT2D eigenvalue weighted by Crippen LogP contribution is 2.31. The van der Waals surface area contributed by atoms with Gasteiger partial charge in [0.2, 0.25) is 0 Å². The molecule has 3 N–H and O–H groups in total. The molecular weight excluding hydrogens is 246 g/mol. The summed E-state index contributed by atoms with van der Waals surface area (Å²) >= 11 is 0. The number of para-hydroxylation sites is 1. The molecule has 0 aliphatic carbocycles. The van der Waals surface area contributed by atoms with Crippen molar-refractivity contribution in [2.75, 3.05) is 0 Å². The van der Waals surface area contributed by atoms with Gasteiger partial charge in [-0.25, -0.2) is 4.79 Å². The van der Waals surface area contributed by atoms with Crippen molar-refractivity contribution in [2.45, 2.75) is 45.4 Å². The molecule has 5 nitrogen and oxygen atoms in total. The van der Waals surface area contributed by atoms with E-state index in [-0.39, 0.29) is 5.75 Å². The molecule has 0 saturated carbocycles. The van der Waals surface area contributed by atoms with Crippen LogP contribution in [0.3, 0.4) is 0 Å². The molecule has 1 aromatic rings. The number of aliphatic hydroxyl groups excluding tert-OH is 1. The molecule has 0 spiro atoms. The van der Waals surface area contributed by atoms with E-state index in [0.29, 0.717) is 5.56 Å². The van der Waals surface area contributed by atoms with Crippen LogP contribution >= 0.6 is 0 Å². The first-order chi connectivity index (χ1) is 8.66. The predicted molar refractivity (Wildman–Crippen MR) is 72.1 cm³/mol. The summed E-state index contributed by atoms with van der Waals surface area (Å²) in [4.78, 5) is 12.5. The van der Waals surface area contributed by atoms with Crippen LogP contribution in [0.25, 0.3) is 0 Å². The second-order valence-electron chi connectivity index (χ2n) is 5.57. The van der Waals surface area contributed by atoms with E-state index in [0.717, 1.165) is 0 Å². The summed E-state index contributed by atoms with van der Waals surface area (Å²) < 4.78 is 0. The molecule has 106 valence electrons. The fourth-order valence-electron chi connectivity index (χ4n) is 2.21. The van der Waals surface area contributed by atoms with Crippen LogP contribution in [-0.4, -0.2) is 37.9 Å². The van der Waals surface area contributed by atoms with E-state index >= 15 is 0 Å². The fraction of sp³-hybridized carbons (Fsp3) is 0.500. The Bertz CT molecular complexity index is 453. The Morgan fingerprint density at radius 3 is 2.21 bits per heavy atom. The SMILES string of the molecule is CC(C(O)c1ccccc1O)N(C(=O)O)C(C)(C)C. The number of rotatable bonds is 3. The van der Waals surface area contributed by atoms with Crippen molar-refractivity contribution in [3.63, 3.8) is 0 Å². The van der Waals surface area contributed by atoms with Gasteiger partial charge in [0.25, 0.3) is 0 Å². The molecule has 0 aromatic heterocycles. The van der Waals surface area contributed by atoms with Gasteiger partial charge in [0.1, 0.15) is 11.9 Å². The zero-order chi connectivity index (χ0) is 14.8. The van der Waals surface area contributed by atoms with Crippen molar-refractivity contribution < 1.29 is 20.1 Å². The average molecular weight is 267 g/mol. The summed E-state index contributed by atoms with van der Waals surface area (Å²) in [5.41, 5.74) is -0.318. The maximum absolute atomic E-state index is 11.4. The van der Waals surface area contributed by atoms with E-state index in [1.165, 1.54) is 11.0 Å². The van der Waals surface area contributed by atoms with Gasteiger partial charge in [0.15, 0.2) is 0 Å². The average Bonchev–Trinajstić information content (AvgIpc) is 2.26. The van der Waals surface area contributed by atoms with Gasteiger partial charge in [-0.15, -0.1) is 0 Å². The van der Waals surface area contributed by atoms with E-state index in [1.807, 2.05) is 0 Å². The Hall–Kier alpha value is -1.75. The second-order valence-corrected chi connectivity index (χ2v) is 5.57. The molecule has 19 heavy (non-hydrogen) atoms. The molecule has 0 radical (unpaired) electrons. The second kappa shape index (κ2) is 5.48. The molecule has 1 rings (SSSR count). The van der Waals surface area contributed by atoms with E-state index in [9.17, 15) is 20.1 Å². The Labute approximate surface area is 113 Å². The fourth-order valence-corrected chi connectivity index (χ4v) is 2.21. The minimum Gasteiger partial charge on any atom is -0.508 e. The zero-order valence-electron chi connectivity index (χ0n) is 11.7. The van der Waals surface area contributed by atoms with Crippen LogP contribution in [0, 0.1) is 0 Å². The topological polar surface area (TPSA) is 81.0 Å². The molecule has 2 unspecified atom stereocenters. The lowest BCUT2D eigenvalue weighted by molar-refractivity contribution is 0.0133. The molecule has 0 bridgehead atoms. The van der Waals surface area contributed by atoms with Crippen molar-refractivity contribution >= 4 is 6.09 Å². The van der Waals surface area contributed by atoms with Crippen molar-refractivity contribution in [3.05, 3.63) is 29.8 Å². The van der Waals surface area contributed by atoms with E-state index in [2.05, 4.69) is 0 Å². The minimum atomic E-state index is -1.10. The van der Waals surface area contributed by atoms with Crippen LogP contribution in [0.15, 0.2) is 24.3 Å².